The summed E-state index contributed by atoms with van der Waals surface area (Å²) in [5.41, 5.74) is 2.90. The van der Waals surface area contributed by atoms with E-state index in [1.54, 1.807) is 17.0 Å². The number of carbonyl (C=O) groups excluding carboxylic acids is 2. The monoisotopic (exact) mass is 492 g/mol. The first kappa shape index (κ1) is 26.5. The molecule has 0 radical (unpaired) electrons. The quantitative estimate of drug-likeness (QED) is 0.357. The summed E-state index contributed by atoms with van der Waals surface area (Å²) in [7, 11) is 0. The van der Waals surface area contributed by atoms with Crippen molar-refractivity contribution in [2.24, 2.45) is 0 Å². The predicted molar refractivity (Wildman–Crippen MR) is 141 cm³/mol. The minimum Gasteiger partial charge on any atom is -0.352 e. The number of carbonyl (C=O) groups is 2. The summed E-state index contributed by atoms with van der Waals surface area (Å²) in [4.78, 5) is 28.6. The molecular formula is C29H33FN2O2S. The Hall–Kier alpha value is -3.12. The van der Waals surface area contributed by atoms with Crippen LogP contribution in [0, 0.1) is 5.82 Å². The fourth-order valence-corrected chi connectivity index (χ4v) is 4.57. The fourth-order valence-electron chi connectivity index (χ4n) is 3.69. The third-order valence-electron chi connectivity index (χ3n) is 5.88. The van der Waals surface area contributed by atoms with Gasteiger partial charge in [-0.2, -0.15) is 0 Å². The number of hydrogen-bond acceptors (Lipinski definition) is 3. The van der Waals surface area contributed by atoms with Gasteiger partial charge in [-0.25, -0.2) is 4.39 Å². The molecule has 6 heteroatoms. The molecule has 2 atom stereocenters. The van der Waals surface area contributed by atoms with Crippen molar-refractivity contribution in [2.75, 3.05) is 5.75 Å². The lowest BCUT2D eigenvalue weighted by Crippen LogP contribution is -2.52. The molecule has 0 aromatic heterocycles. The van der Waals surface area contributed by atoms with Gasteiger partial charge in [0, 0.05) is 24.8 Å². The zero-order valence-electron chi connectivity index (χ0n) is 20.3. The number of thioether (sulfide) groups is 1. The van der Waals surface area contributed by atoms with Crippen LogP contribution in [0.3, 0.4) is 0 Å². The minimum atomic E-state index is -0.679. The van der Waals surface area contributed by atoms with Gasteiger partial charge in [-0.1, -0.05) is 79.7 Å². The van der Waals surface area contributed by atoms with Crippen LogP contribution in [0.15, 0.2) is 84.9 Å². The van der Waals surface area contributed by atoms with E-state index < -0.39 is 6.04 Å². The number of benzene rings is 3. The van der Waals surface area contributed by atoms with Gasteiger partial charge in [0.25, 0.3) is 0 Å². The summed E-state index contributed by atoms with van der Waals surface area (Å²) in [5, 5.41) is 3.06. The highest BCUT2D eigenvalue weighted by Crippen LogP contribution is 2.19. The highest BCUT2D eigenvalue weighted by molar-refractivity contribution is 7.99. The SMILES string of the molecule is CC[C@@H](C)NC(=O)[C@@H](Cc1ccccc1)N(Cc1ccc(F)cc1)C(=O)CSCc1ccccc1. The largest absolute Gasteiger partial charge is 0.352 e. The summed E-state index contributed by atoms with van der Waals surface area (Å²) >= 11 is 1.53. The summed E-state index contributed by atoms with van der Waals surface area (Å²) < 4.78 is 13.5. The molecule has 0 spiro atoms. The van der Waals surface area contributed by atoms with Gasteiger partial charge in [-0.3, -0.25) is 9.59 Å². The van der Waals surface area contributed by atoms with E-state index in [2.05, 4.69) is 5.32 Å². The molecule has 0 unspecified atom stereocenters. The smallest absolute Gasteiger partial charge is 0.243 e. The van der Waals surface area contributed by atoms with Crippen LogP contribution in [0.25, 0.3) is 0 Å². The molecule has 0 bridgehead atoms. The molecule has 3 rings (SSSR count). The lowest BCUT2D eigenvalue weighted by atomic mass is 10.0. The number of nitrogens with zero attached hydrogens (tertiary/aromatic N) is 1. The Balaban J connectivity index is 1.85. The highest BCUT2D eigenvalue weighted by atomic mass is 32.2. The number of rotatable bonds is 12. The van der Waals surface area contributed by atoms with E-state index in [4.69, 9.17) is 0 Å². The van der Waals surface area contributed by atoms with Gasteiger partial charge < -0.3 is 10.2 Å². The van der Waals surface area contributed by atoms with E-state index in [9.17, 15) is 14.0 Å². The Bertz CT molecular complexity index is 1060. The van der Waals surface area contributed by atoms with Crippen LogP contribution in [-0.4, -0.2) is 34.6 Å². The van der Waals surface area contributed by atoms with E-state index in [1.165, 1.54) is 23.9 Å². The standard InChI is InChI=1S/C29H33FN2O2S/c1-3-22(2)31-29(34)27(18-23-10-6-4-7-11-23)32(19-24-14-16-26(30)17-15-24)28(33)21-35-20-25-12-8-5-9-13-25/h4-17,22,27H,3,18-21H2,1-2H3,(H,31,34)/t22-,27-/m1/s1. The molecular weight excluding hydrogens is 459 g/mol. The molecule has 4 nitrogen and oxygen atoms in total. The molecule has 3 aromatic carbocycles. The van der Waals surface area contributed by atoms with E-state index in [1.807, 2.05) is 74.5 Å². The van der Waals surface area contributed by atoms with Gasteiger partial charge >= 0.3 is 0 Å². The molecule has 0 heterocycles. The maximum Gasteiger partial charge on any atom is 0.243 e. The fraction of sp³-hybridized carbons (Fsp3) is 0.310. The molecule has 1 N–H and O–H groups in total. The van der Waals surface area contributed by atoms with Crippen LogP contribution in [0.5, 0.6) is 0 Å². The molecule has 3 aromatic rings. The summed E-state index contributed by atoms with van der Waals surface area (Å²) in [5.74, 6) is 0.333. The van der Waals surface area contributed by atoms with Crippen molar-refractivity contribution < 1.29 is 14.0 Å². The zero-order valence-corrected chi connectivity index (χ0v) is 21.1. The van der Waals surface area contributed by atoms with Crippen molar-refractivity contribution in [1.82, 2.24) is 10.2 Å². The molecule has 0 saturated carbocycles. The van der Waals surface area contributed by atoms with Crippen molar-refractivity contribution >= 4 is 23.6 Å². The third kappa shape index (κ3) is 8.55. The molecule has 0 fully saturated rings. The first-order valence-corrected chi connectivity index (χ1v) is 13.1. The number of halogens is 1. The molecule has 0 aliphatic carbocycles. The normalized spacial score (nSPS) is 12.5. The second-order valence-electron chi connectivity index (χ2n) is 8.65. The van der Waals surface area contributed by atoms with Gasteiger partial charge in [0.15, 0.2) is 0 Å². The van der Waals surface area contributed by atoms with E-state index in [0.717, 1.165) is 23.1 Å². The van der Waals surface area contributed by atoms with Crippen molar-refractivity contribution in [3.8, 4) is 0 Å². The maximum atomic E-state index is 13.5. The second-order valence-corrected chi connectivity index (χ2v) is 9.64. The average Bonchev–Trinajstić information content (AvgIpc) is 2.88. The van der Waals surface area contributed by atoms with Crippen LogP contribution in [0.1, 0.15) is 37.0 Å². The van der Waals surface area contributed by atoms with Gasteiger partial charge in [0.05, 0.1) is 5.75 Å². The Morgan fingerprint density at radius 3 is 2.09 bits per heavy atom. The van der Waals surface area contributed by atoms with Crippen molar-refractivity contribution in [3.05, 3.63) is 107 Å². The Morgan fingerprint density at radius 2 is 1.49 bits per heavy atom. The van der Waals surface area contributed by atoms with Gasteiger partial charge in [0.1, 0.15) is 11.9 Å². The van der Waals surface area contributed by atoms with Gasteiger partial charge in [-0.05, 0) is 42.2 Å². The summed E-state index contributed by atoms with van der Waals surface area (Å²) in [6, 6.07) is 25.1. The number of amides is 2. The Morgan fingerprint density at radius 1 is 0.886 bits per heavy atom. The molecule has 0 aliphatic heterocycles. The first-order valence-electron chi connectivity index (χ1n) is 12.0. The molecule has 0 aliphatic rings. The lowest BCUT2D eigenvalue weighted by molar-refractivity contribution is -0.139. The first-order chi connectivity index (χ1) is 17.0. The summed E-state index contributed by atoms with van der Waals surface area (Å²) in [6.45, 7) is 4.20. The molecule has 0 saturated heterocycles. The van der Waals surface area contributed by atoms with Crippen molar-refractivity contribution in [2.45, 2.75) is 51.1 Å². The van der Waals surface area contributed by atoms with Gasteiger partial charge in [-0.15, -0.1) is 11.8 Å². The third-order valence-corrected chi connectivity index (χ3v) is 6.86. The van der Waals surface area contributed by atoms with E-state index >= 15 is 0 Å². The number of hydrogen-bond donors (Lipinski definition) is 1. The highest BCUT2D eigenvalue weighted by Gasteiger charge is 2.30. The van der Waals surface area contributed by atoms with Crippen LogP contribution in [0.4, 0.5) is 4.39 Å². The second kappa shape index (κ2) is 13.7. The molecule has 184 valence electrons. The topological polar surface area (TPSA) is 49.4 Å². The maximum absolute atomic E-state index is 13.5. The van der Waals surface area contributed by atoms with Crippen LogP contribution in [0.2, 0.25) is 0 Å². The van der Waals surface area contributed by atoms with Crippen LogP contribution < -0.4 is 5.32 Å². The zero-order chi connectivity index (χ0) is 25.0. The Kier molecular flexibility index (Phi) is 10.4. The lowest BCUT2D eigenvalue weighted by Gasteiger charge is -2.32. The molecule has 35 heavy (non-hydrogen) atoms. The molecule has 2 amide bonds. The number of nitrogens with one attached hydrogen (secondary N) is 1. The van der Waals surface area contributed by atoms with Gasteiger partial charge in [0.2, 0.25) is 11.8 Å². The average molecular weight is 493 g/mol. The van der Waals surface area contributed by atoms with Crippen molar-refractivity contribution in [1.29, 1.82) is 0 Å². The minimum absolute atomic E-state index is 0.00370. The van der Waals surface area contributed by atoms with E-state index in [0.29, 0.717) is 12.2 Å². The van der Waals surface area contributed by atoms with E-state index in [-0.39, 0.29) is 36.0 Å². The Labute approximate surface area is 211 Å². The van der Waals surface area contributed by atoms with Crippen LogP contribution in [-0.2, 0) is 28.3 Å². The van der Waals surface area contributed by atoms with Crippen molar-refractivity contribution in [3.63, 3.8) is 0 Å². The predicted octanol–water partition coefficient (Wildman–Crippen LogP) is 5.61. The summed E-state index contributed by atoms with van der Waals surface area (Å²) in [6.07, 6.45) is 1.20. The van der Waals surface area contributed by atoms with Crippen LogP contribution >= 0.6 is 11.8 Å².